The number of aliphatic hydroxyl groups is 1. The van der Waals surface area contributed by atoms with E-state index in [4.69, 9.17) is 9.47 Å². The first-order chi connectivity index (χ1) is 29.1. The molecule has 1 saturated heterocycles. The molecule has 0 spiro atoms. The number of nitrogens with one attached hydrogen (secondary N) is 5. The van der Waals surface area contributed by atoms with Crippen molar-refractivity contribution in [1.29, 1.82) is 0 Å². The standard InChI is InChI=1S/C44H69N7O11/c1-10-15-31(38(55)41(58)46-23-35(54)62-44(6,7)8)47-39(56)32-22-30(61-43(60)50-21-20-28-16-11-12-17-29(28)24-50)25-51(32)42(59)37(27(4)5)49-40(57)36(26(2)3)48-34(53)19-14-13-18-33(52)45-9/h11-12,16-17,26-27,30-32,36-38,55H,10,13-15,18-25H2,1-9H3,(H,45,52)(H,46,58)(H,47,56)(H,48,53)(H,49,57)/t30?,31?,32-,36-,37-,38?/m0/s1. The van der Waals surface area contributed by atoms with E-state index in [9.17, 15) is 43.5 Å². The van der Waals surface area contributed by atoms with Crippen LogP contribution in [0, 0.1) is 11.8 Å². The third kappa shape index (κ3) is 15.6. The fourth-order valence-corrected chi connectivity index (χ4v) is 7.38. The van der Waals surface area contributed by atoms with E-state index in [2.05, 4.69) is 26.6 Å². The number of esters is 1. The summed E-state index contributed by atoms with van der Waals surface area (Å²) in [4.78, 5) is 109. The summed E-state index contributed by atoms with van der Waals surface area (Å²) in [7, 11) is 1.54. The summed E-state index contributed by atoms with van der Waals surface area (Å²) in [6, 6.07) is 3.23. The van der Waals surface area contributed by atoms with Crippen molar-refractivity contribution in [3.05, 3.63) is 35.4 Å². The summed E-state index contributed by atoms with van der Waals surface area (Å²) in [5.74, 6) is -4.99. The molecule has 2 aliphatic heterocycles. The molecule has 6 atom stereocenters. The Bertz CT molecular complexity index is 1750. The summed E-state index contributed by atoms with van der Waals surface area (Å²) in [6.45, 7) is 13.8. The van der Waals surface area contributed by atoms with Crippen LogP contribution < -0.4 is 26.6 Å². The number of amides is 7. The third-order valence-corrected chi connectivity index (χ3v) is 10.7. The monoisotopic (exact) mass is 872 g/mol. The van der Waals surface area contributed by atoms with E-state index in [1.54, 1.807) is 60.3 Å². The fourth-order valence-electron chi connectivity index (χ4n) is 7.38. The lowest BCUT2D eigenvalue weighted by molar-refractivity contribution is -0.155. The number of fused-ring (bicyclic) bond motifs is 1. The maximum absolute atomic E-state index is 14.6. The van der Waals surface area contributed by atoms with E-state index in [0.717, 1.165) is 11.1 Å². The van der Waals surface area contributed by atoms with Crippen molar-refractivity contribution in [2.75, 3.05) is 26.7 Å². The Morgan fingerprint density at radius 3 is 2.08 bits per heavy atom. The Kier molecular flexibility index (Phi) is 19.6. The van der Waals surface area contributed by atoms with Crippen molar-refractivity contribution in [2.24, 2.45) is 11.8 Å². The molecule has 3 unspecified atom stereocenters. The van der Waals surface area contributed by atoms with Crippen LogP contribution in [0.4, 0.5) is 4.79 Å². The van der Waals surface area contributed by atoms with Crippen molar-refractivity contribution in [3.8, 4) is 0 Å². The van der Waals surface area contributed by atoms with Gasteiger partial charge < -0.3 is 51.0 Å². The zero-order chi connectivity index (χ0) is 46.3. The summed E-state index contributed by atoms with van der Waals surface area (Å²) in [6.07, 6.45) is -0.927. The van der Waals surface area contributed by atoms with Crippen LogP contribution in [-0.4, -0.2) is 131 Å². The molecule has 1 aromatic carbocycles. The molecule has 1 fully saturated rings. The molecule has 0 aromatic heterocycles. The number of unbranched alkanes of at least 4 members (excludes halogenated alkanes) is 1. The van der Waals surface area contributed by atoms with Gasteiger partial charge in [0.1, 0.15) is 36.4 Å². The Morgan fingerprint density at radius 1 is 0.855 bits per heavy atom. The molecule has 6 N–H and O–H groups in total. The predicted octanol–water partition coefficient (Wildman–Crippen LogP) is 1.84. The second-order valence-electron chi connectivity index (χ2n) is 17.7. The smallest absolute Gasteiger partial charge is 0.410 e. The average Bonchev–Trinajstić information content (AvgIpc) is 3.64. The first kappa shape index (κ1) is 51.1. The summed E-state index contributed by atoms with van der Waals surface area (Å²) < 4.78 is 11.2. The van der Waals surface area contributed by atoms with E-state index in [0.29, 0.717) is 38.8 Å². The minimum Gasteiger partial charge on any atom is -0.459 e. The van der Waals surface area contributed by atoms with Crippen molar-refractivity contribution < 1.29 is 52.9 Å². The lowest BCUT2D eigenvalue weighted by atomic mass is 9.98. The molecule has 2 aliphatic rings. The van der Waals surface area contributed by atoms with Crippen LogP contribution in [0.3, 0.4) is 0 Å². The van der Waals surface area contributed by atoms with Gasteiger partial charge in [-0.15, -0.1) is 0 Å². The number of nitrogens with zero attached hydrogens (tertiary/aromatic N) is 2. The largest absolute Gasteiger partial charge is 0.459 e. The molecule has 7 amide bonds. The van der Waals surface area contributed by atoms with Gasteiger partial charge in [-0.1, -0.05) is 65.3 Å². The van der Waals surface area contributed by atoms with Crippen LogP contribution in [0.15, 0.2) is 24.3 Å². The fraction of sp³-hybridized carbons (Fsp3) is 0.682. The SMILES string of the molecule is CCCC(NC(=O)[C@@H]1CC(OC(=O)N2CCc3ccccc3C2)CN1C(=O)[C@@H](NC(=O)[C@@H](NC(=O)CCCCC(=O)NC)C(C)C)C(C)C)C(O)C(=O)NCC(=O)OC(C)(C)C. The molecule has 2 heterocycles. The van der Waals surface area contributed by atoms with Crippen molar-refractivity contribution in [2.45, 2.75) is 155 Å². The molecule has 0 radical (unpaired) electrons. The van der Waals surface area contributed by atoms with Crippen LogP contribution >= 0.6 is 0 Å². The van der Waals surface area contributed by atoms with Gasteiger partial charge >= 0.3 is 12.1 Å². The quantitative estimate of drug-likeness (QED) is 0.0816. The van der Waals surface area contributed by atoms with Gasteiger partial charge in [-0.05, 0) is 69.4 Å². The molecular formula is C44H69N7O11. The molecule has 18 nitrogen and oxygen atoms in total. The normalized spacial score (nSPS) is 18.1. The molecule has 62 heavy (non-hydrogen) atoms. The first-order valence-electron chi connectivity index (χ1n) is 21.8. The zero-order valence-corrected chi connectivity index (χ0v) is 37.8. The summed E-state index contributed by atoms with van der Waals surface area (Å²) in [5.41, 5.74) is 1.32. The Balaban J connectivity index is 1.83. The van der Waals surface area contributed by atoms with E-state index >= 15 is 0 Å². The van der Waals surface area contributed by atoms with Crippen LogP contribution in [0.5, 0.6) is 0 Å². The number of hydrogen-bond acceptors (Lipinski definition) is 11. The number of hydrogen-bond donors (Lipinski definition) is 6. The number of rotatable bonds is 20. The molecule has 0 bridgehead atoms. The van der Waals surface area contributed by atoms with Gasteiger partial charge in [-0.25, -0.2) is 4.79 Å². The number of aliphatic hydroxyl groups excluding tert-OH is 1. The molecule has 0 saturated carbocycles. The van der Waals surface area contributed by atoms with Crippen LogP contribution in [0.25, 0.3) is 0 Å². The highest BCUT2D eigenvalue weighted by Gasteiger charge is 2.46. The summed E-state index contributed by atoms with van der Waals surface area (Å²) in [5, 5.41) is 24.3. The molecule has 18 heteroatoms. The van der Waals surface area contributed by atoms with E-state index in [1.807, 2.05) is 24.3 Å². The molecule has 1 aromatic rings. The van der Waals surface area contributed by atoms with Crippen molar-refractivity contribution in [1.82, 2.24) is 36.4 Å². The number of ether oxygens (including phenoxy) is 2. The van der Waals surface area contributed by atoms with Crippen molar-refractivity contribution >= 4 is 47.5 Å². The minimum absolute atomic E-state index is 0.0910. The first-order valence-corrected chi connectivity index (χ1v) is 21.8. The number of carbonyl (C=O) groups excluding carboxylic acids is 8. The van der Waals surface area contributed by atoms with E-state index in [1.165, 1.54) is 11.9 Å². The minimum atomic E-state index is -1.77. The Hall–Kier alpha value is -5.26. The number of likely N-dealkylation sites (tertiary alicyclic amines) is 1. The molecule has 3 rings (SSSR count). The highest BCUT2D eigenvalue weighted by Crippen LogP contribution is 2.26. The zero-order valence-electron chi connectivity index (χ0n) is 37.8. The Labute approximate surface area is 365 Å². The second-order valence-corrected chi connectivity index (χ2v) is 17.7. The number of carbonyl (C=O) groups is 8. The topological polar surface area (TPSA) is 242 Å². The average molecular weight is 872 g/mol. The van der Waals surface area contributed by atoms with Gasteiger partial charge in [0, 0.05) is 39.4 Å². The Morgan fingerprint density at radius 2 is 1.48 bits per heavy atom. The molecule has 0 aliphatic carbocycles. The van der Waals surface area contributed by atoms with Crippen LogP contribution in [0.1, 0.15) is 111 Å². The van der Waals surface area contributed by atoms with Gasteiger partial charge in [0.15, 0.2) is 6.10 Å². The maximum atomic E-state index is 14.6. The maximum Gasteiger partial charge on any atom is 0.410 e. The lowest BCUT2D eigenvalue weighted by Crippen LogP contribution is -2.60. The van der Waals surface area contributed by atoms with E-state index < -0.39 is 90.1 Å². The van der Waals surface area contributed by atoms with Crippen molar-refractivity contribution in [3.63, 3.8) is 0 Å². The second kappa shape index (κ2) is 23.8. The molecular weight excluding hydrogens is 803 g/mol. The van der Waals surface area contributed by atoms with E-state index in [-0.39, 0.29) is 50.0 Å². The van der Waals surface area contributed by atoms with Gasteiger partial charge in [0.2, 0.25) is 29.5 Å². The predicted molar refractivity (Wildman–Crippen MR) is 229 cm³/mol. The van der Waals surface area contributed by atoms with Gasteiger partial charge in [0.05, 0.1) is 12.6 Å². The third-order valence-electron chi connectivity index (χ3n) is 10.7. The van der Waals surface area contributed by atoms with Crippen LogP contribution in [0.2, 0.25) is 0 Å². The van der Waals surface area contributed by atoms with Gasteiger partial charge in [0.25, 0.3) is 5.91 Å². The molecule has 346 valence electrons. The van der Waals surface area contributed by atoms with Gasteiger partial charge in [-0.3, -0.25) is 33.6 Å². The highest BCUT2D eigenvalue weighted by atomic mass is 16.6. The van der Waals surface area contributed by atoms with Gasteiger partial charge in [-0.2, -0.15) is 0 Å². The van der Waals surface area contributed by atoms with Crippen LogP contribution in [-0.2, 0) is 56.0 Å². The summed E-state index contributed by atoms with van der Waals surface area (Å²) >= 11 is 0. The highest BCUT2D eigenvalue weighted by molar-refractivity contribution is 5.95. The number of benzene rings is 1. The lowest BCUT2D eigenvalue weighted by Gasteiger charge is -2.33.